The molecule has 0 aromatic heterocycles. The van der Waals surface area contributed by atoms with Crippen molar-refractivity contribution in [3.05, 3.63) is 34.9 Å². The molecule has 1 fully saturated rings. The van der Waals surface area contributed by atoms with Crippen molar-refractivity contribution in [2.24, 2.45) is 0 Å². The zero-order valence-corrected chi connectivity index (χ0v) is 16.7. The minimum absolute atomic E-state index is 0.0119. The van der Waals surface area contributed by atoms with Gasteiger partial charge in [-0.25, -0.2) is 0 Å². The van der Waals surface area contributed by atoms with E-state index in [1.165, 1.54) is 5.56 Å². The molecule has 0 aliphatic carbocycles. The van der Waals surface area contributed by atoms with Gasteiger partial charge in [0.15, 0.2) is 0 Å². The Balaban J connectivity index is 1.95. The highest BCUT2D eigenvalue weighted by atomic mass is 35.5. The average Bonchev–Trinajstić information content (AvgIpc) is 2.64. The van der Waals surface area contributed by atoms with Crippen LogP contribution in [0, 0.1) is 0 Å². The summed E-state index contributed by atoms with van der Waals surface area (Å²) in [6.45, 7) is 8.00. The van der Waals surface area contributed by atoms with Gasteiger partial charge in [0.25, 0.3) is 0 Å². The van der Waals surface area contributed by atoms with E-state index in [0.29, 0.717) is 6.54 Å². The number of amides is 1. The number of halogens is 1. The Bertz CT molecular complexity index is 521. The standard InChI is InChI=1S/C19H29ClN2O2S/c1-3-4-13-25-15(2)19(23)21-14-18(22-9-11-24-12-10-22)16-5-7-17(20)8-6-16/h5-8,15,18H,3-4,9-14H2,1-2H3,(H,21,23). The van der Waals surface area contributed by atoms with Crippen LogP contribution in [0.1, 0.15) is 38.3 Å². The Morgan fingerprint density at radius 2 is 2.00 bits per heavy atom. The van der Waals surface area contributed by atoms with Gasteiger partial charge < -0.3 is 10.1 Å². The molecule has 2 unspecified atom stereocenters. The van der Waals surface area contributed by atoms with Crippen LogP contribution in [0.15, 0.2) is 24.3 Å². The Morgan fingerprint density at radius 3 is 2.64 bits per heavy atom. The highest BCUT2D eigenvalue weighted by molar-refractivity contribution is 8.00. The molecular weight excluding hydrogens is 356 g/mol. The van der Waals surface area contributed by atoms with E-state index in [2.05, 4.69) is 17.1 Å². The van der Waals surface area contributed by atoms with Gasteiger partial charge in [-0.1, -0.05) is 37.1 Å². The molecule has 2 rings (SSSR count). The van der Waals surface area contributed by atoms with Gasteiger partial charge in [-0.15, -0.1) is 11.8 Å². The van der Waals surface area contributed by atoms with Gasteiger partial charge in [-0.05, 0) is 36.8 Å². The molecule has 1 aromatic rings. The number of morpholine rings is 1. The summed E-state index contributed by atoms with van der Waals surface area (Å²) in [6, 6.07) is 8.07. The Morgan fingerprint density at radius 1 is 1.32 bits per heavy atom. The Kier molecular flexibility index (Phi) is 9.10. The van der Waals surface area contributed by atoms with E-state index in [1.54, 1.807) is 11.8 Å². The van der Waals surface area contributed by atoms with Crippen LogP contribution in [0.3, 0.4) is 0 Å². The number of carbonyl (C=O) groups is 1. The first-order valence-electron chi connectivity index (χ1n) is 9.08. The van der Waals surface area contributed by atoms with E-state index in [9.17, 15) is 4.79 Å². The predicted molar refractivity (Wildman–Crippen MR) is 106 cm³/mol. The van der Waals surface area contributed by atoms with Crippen molar-refractivity contribution < 1.29 is 9.53 Å². The number of benzene rings is 1. The third-order valence-electron chi connectivity index (χ3n) is 4.45. The third kappa shape index (κ3) is 6.81. The highest BCUT2D eigenvalue weighted by Crippen LogP contribution is 2.23. The zero-order valence-electron chi connectivity index (χ0n) is 15.2. The average molecular weight is 385 g/mol. The van der Waals surface area contributed by atoms with Gasteiger partial charge in [-0.2, -0.15) is 0 Å². The molecule has 4 nitrogen and oxygen atoms in total. The lowest BCUT2D eigenvalue weighted by Crippen LogP contribution is -2.44. The highest BCUT2D eigenvalue weighted by Gasteiger charge is 2.24. The molecule has 1 aromatic carbocycles. The number of rotatable bonds is 9. The van der Waals surface area contributed by atoms with Gasteiger partial charge in [-0.3, -0.25) is 9.69 Å². The fraction of sp³-hybridized carbons (Fsp3) is 0.632. The first kappa shape index (κ1) is 20.6. The number of nitrogens with zero attached hydrogens (tertiary/aromatic N) is 1. The third-order valence-corrected chi connectivity index (χ3v) is 5.94. The number of unbranched alkanes of at least 4 members (excludes halogenated alkanes) is 1. The van der Waals surface area contributed by atoms with Crippen molar-refractivity contribution in [3.8, 4) is 0 Å². The molecule has 25 heavy (non-hydrogen) atoms. The molecule has 0 saturated carbocycles. The van der Waals surface area contributed by atoms with Crippen LogP contribution < -0.4 is 5.32 Å². The Hall–Kier alpha value is -0.750. The summed E-state index contributed by atoms with van der Waals surface area (Å²) in [5, 5.41) is 3.86. The number of hydrogen-bond donors (Lipinski definition) is 1. The van der Waals surface area contributed by atoms with Crippen LogP contribution in [0.5, 0.6) is 0 Å². The van der Waals surface area contributed by atoms with E-state index >= 15 is 0 Å². The normalized spacial score (nSPS) is 17.9. The van der Waals surface area contributed by atoms with Crippen LogP contribution in [-0.2, 0) is 9.53 Å². The Labute approximate surface area is 160 Å². The predicted octanol–water partition coefficient (Wildman–Crippen LogP) is 3.75. The topological polar surface area (TPSA) is 41.6 Å². The van der Waals surface area contributed by atoms with E-state index in [-0.39, 0.29) is 17.2 Å². The molecule has 140 valence electrons. The minimum atomic E-state index is -0.0119. The number of thioether (sulfide) groups is 1. The van der Waals surface area contributed by atoms with E-state index < -0.39 is 0 Å². The number of carbonyl (C=O) groups excluding carboxylic acids is 1. The molecule has 0 bridgehead atoms. The molecule has 1 aliphatic heterocycles. The lowest BCUT2D eigenvalue weighted by atomic mass is 10.0. The second-order valence-corrected chi connectivity index (χ2v) is 8.21. The second kappa shape index (κ2) is 11.1. The quantitative estimate of drug-likeness (QED) is 0.658. The second-order valence-electron chi connectivity index (χ2n) is 6.33. The lowest BCUT2D eigenvalue weighted by molar-refractivity contribution is -0.120. The first-order valence-corrected chi connectivity index (χ1v) is 10.5. The summed E-state index contributed by atoms with van der Waals surface area (Å²) < 4.78 is 5.47. The SMILES string of the molecule is CCCCSC(C)C(=O)NCC(c1ccc(Cl)cc1)N1CCOCC1. The molecule has 1 aliphatic rings. The van der Waals surface area contributed by atoms with Crippen molar-refractivity contribution in [2.75, 3.05) is 38.6 Å². The van der Waals surface area contributed by atoms with Gasteiger partial charge in [0.05, 0.1) is 24.5 Å². The minimum Gasteiger partial charge on any atom is -0.379 e. The molecule has 1 amide bonds. The first-order chi connectivity index (χ1) is 12.1. The molecule has 1 heterocycles. The molecule has 0 spiro atoms. The van der Waals surface area contributed by atoms with Gasteiger partial charge in [0, 0.05) is 24.7 Å². The summed E-state index contributed by atoms with van der Waals surface area (Å²) in [6.07, 6.45) is 2.32. The summed E-state index contributed by atoms with van der Waals surface area (Å²) in [7, 11) is 0. The molecule has 6 heteroatoms. The fourth-order valence-electron chi connectivity index (χ4n) is 2.85. The summed E-state index contributed by atoms with van der Waals surface area (Å²) in [4.78, 5) is 14.8. The smallest absolute Gasteiger partial charge is 0.232 e. The van der Waals surface area contributed by atoms with Gasteiger partial charge >= 0.3 is 0 Å². The van der Waals surface area contributed by atoms with Crippen LogP contribution in [-0.4, -0.2) is 54.7 Å². The maximum Gasteiger partial charge on any atom is 0.232 e. The summed E-state index contributed by atoms with van der Waals surface area (Å²) in [5.74, 6) is 1.16. The van der Waals surface area contributed by atoms with E-state index in [1.807, 2.05) is 31.2 Å². The maximum atomic E-state index is 12.4. The maximum absolute atomic E-state index is 12.4. The van der Waals surface area contributed by atoms with Crippen LogP contribution in [0.25, 0.3) is 0 Å². The van der Waals surface area contributed by atoms with Crippen LogP contribution in [0.2, 0.25) is 5.02 Å². The zero-order chi connectivity index (χ0) is 18.1. The molecule has 1 N–H and O–H groups in total. The van der Waals surface area contributed by atoms with Crippen molar-refractivity contribution in [3.63, 3.8) is 0 Å². The molecule has 0 radical (unpaired) electrons. The van der Waals surface area contributed by atoms with E-state index in [0.717, 1.165) is 49.9 Å². The van der Waals surface area contributed by atoms with Crippen molar-refractivity contribution in [2.45, 2.75) is 38.0 Å². The van der Waals surface area contributed by atoms with Crippen LogP contribution >= 0.6 is 23.4 Å². The lowest BCUT2D eigenvalue weighted by Gasteiger charge is -2.35. The number of ether oxygens (including phenoxy) is 1. The van der Waals surface area contributed by atoms with E-state index in [4.69, 9.17) is 16.3 Å². The summed E-state index contributed by atoms with van der Waals surface area (Å²) in [5.41, 5.74) is 1.18. The van der Waals surface area contributed by atoms with Crippen molar-refractivity contribution in [1.29, 1.82) is 0 Å². The van der Waals surface area contributed by atoms with Crippen LogP contribution in [0.4, 0.5) is 0 Å². The fourth-order valence-corrected chi connectivity index (χ4v) is 4.02. The molecule has 2 atom stereocenters. The monoisotopic (exact) mass is 384 g/mol. The molecule has 1 saturated heterocycles. The van der Waals surface area contributed by atoms with Crippen molar-refractivity contribution in [1.82, 2.24) is 10.2 Å². The van der Waals surface area contributed by atoms with Gasteiger partial charge in [0.2, 0.25) is 5.91 Å². The number of hydrogen-bond acceptors (Lipinski definition) is 4. The van der Waals surface area contributed by atoms with Gasteiger partial charge in [0.1, 0.15) is 0 Å². The van der Waals surface area contributed by atoms with Crippen molar-refractivity contribution >= 4 is 29.3 Å². The largest absolute Gasteiger partial charge is 0.379 e. The molecular formula is C19H29ClN2O2S. The number of nitrogens with one attached hydrogen (secondary N) is 1. The summed E-state index contributed by atoms with van der Waals surface area (Å²) >= 11 is 7.76.